The quantitative estimate of drug-likeness (QED) is 0.502. The van der Waals surface area contributed by atoms with Crippen LogP contribution < -0.4 is 0 Å². The van der Waals surface area contributed by atoms with Crippen molar-refractivity contribution in [1.29, 1.82) is 0 Å². The maximum atomic E-state index is 2.30. The first-order chi connectivity index (χ1) is 3.85. The van der Waals surface area contributed by atoms with Crippen LogP contribution in [0.15, 0.2) is 0 Å². The molecule has 1 heteroatoms. The predicted octanol–water partition coefficient (Wildman–Crippen LogP) is 2.40. The molecule has 0 saturated carbocycles. The van der Waals surface area contributed by atoms with Crippen LogP contribution in [0.5, 0.6) is 0 Å². The van der Waals surface area contributed by atoms with E-state index in [-0.39, 0.29) is 0 Å². The van der Waals surface area contributed by atoms with E-state index in [4.69, 9.17) is 0 Å². The normalized spacial score (nSPS) is 14.0. The summed E-state index contributed by atoms with van der Waals surface area (Å²) in [6, 6.07) is 0. The van der Waals surface area contributed by atoms with Crippen molar-refractivity contribution < 1.29 is 0 Å². The molecule has 0 saturated heterocycles. The average molecular weight is 122 g/mol. The van der Waals surface area contributed by atoms with Gasteiger partial charge in [-0.3, -0.25) is 0 Å². The molecule has 0 bridgehead atoms. The van der Waals surface area contributed by atoms with Crippen molar-refractivity contribution in [2.45, 2.75) is 36.8 Å². The maximum absolute atomic E-state index is 2.30. The standard InChI is InChI=1S/C7H15.Na/c1-4-6-7(3)5-2;/h7H,3-6H2,1-2H3;. The second kappa shape index (κ2) is 6.12. The van der Waals surface area contributed by atoms with Gasteiger partial charge in [0.25, 0.3) is 0 Å². The van der Waals surface area contributed by atoms with E-state index in [1.165, 1.54) is 50.9 Å². The Bertz CT molecular complexity index is 39.7. The van der Waals surface area contributed by atoms with Gasteiger partial charge in [0.1, 0.15) is 0 Å². The minimum absolute atomic E-state index is 1.06. The molecule has 0 fully saturated rings. The van der Waals surface area contributed by atoms with Crippen LogP contribution in [0.3, 0.4) is 0 Å². The number of hydrogen-bond acceptors (Lipinski definition) is 0. The van der Waals surface area contributed by atoms with Gasteiger partial charge in [-0.15, -0.1) is 0 Å². The molecule has 8 heavy (non-hydrogen) atoms. The van der Waals surface area contributed by atoms with Gasteiger partial charge < -0.3 is 0 Å². The van der Waals surface area contributed by atoms with Crippen LogP contribution in [0.1, 0.15) is 33.1 Å². The molecule has 0 aliphatic rings. The number of hydrogen-bond donors (Lipinski definition) is 0. The predicted molar refractivity (Wildman–Crippen MR) is 39.3 cm³/mol. The summed E-state index contributed by atoms with van der Waals surface area (Å²) in [6.45, 7) is 4.58. The molecule has 0 aromatic carbocycles. The van der Waals surface area contributed by atoms with Gasteiger partial charge >= 0.3 is 70.6 Å². The fourth-order valence-corrected chi connectivity index (χ4v) is 2.09. The van der Waals surface area contributed by atoms with Crippen LogP contribution in [0.25, 0.3) is 0 Å². The van der Waals surface area contributed by atoms with Crippen molar-refractivity contribution in [2.75, 3.05) is 0 Å². The molecule has 0 radical (unpaired) electrons. The van der Waals surface area contributed by atoms with Gasteiger partial charge in [-0.05, 0) is 0 Å². The molecular formula is C7H15Na. The van der Waals surface area contributed by atoms with Crippen molar-refractivity contribution >= 4 is 27.9 Å². The van der Waals surface area contributed by atoms with E-state index in [9.17, 15) is 0 Å². The molecule has 0 nitrogen and oxygen atoms in total. The molecule has 0 amide bonds. The van der Waals surface area contributed by atoms with Gasteiger partial charge in [-0.1, -0.05) is 0 Å². The molecule has 0 heterocycles. The van der Waals surface area contributed by atoms with E-state index < -0.39 is 0 Å². The van der Waals surface area contributed by atoms with Crippen LogP contribution >= 0.6 is 0 Å². The van der Waals surface area contributed by atoms with Gasteiger partial charge in [0.2, 0.25) is 0 Å². The van der Waals surface area contributed by atoms with Crippen molar-refractivity contribution in [3.63, 3.8) is 0 Å². The first kappa shape index (κ1) is 9.00. The summed E-state index contributed by atoms with van der Waals surface area (Å²) in [5, 5.41) is 0. The Morgan fingerprint density at radius 1 is 1.38 bits per heavy atom. The molecule has 0 aromatic heterocycles. The van der Waals surface area contributed by atoms with Crippen LogP contribution in [0.2, 0.25) is 3.67 Å². The Morgan fingerprint density at radius 3 is 2.12 bits per heavy atom. The molecule has 1 atom stereocenters. The van der Waals surface area contributed by atoms with Crippen LogP contribution in [-0.4, -0.2) is 27.9 Å². The molecule has 1 unspecified atom stereocenters. The molecule has 0 aliphatic carbocycles. The van der Waals surface area contributed by atoms with Crippen molar-refractivity contribution in [2.24, 2.45) is 5.92 Å². The zero-order chi connectivity index (χ0) is 6.41. The van der Waals surface area contributed by atoms with Gasteiger partial charge in [0.15, 0.2) is 0 Å². The second-order valence-electron chi connectivity index (χ2n) is 2.47. The molecule has 0 aliphatic heterocycles. The zero-order valence-electron chi connectivity index (χ0n) is 6.41. The summed E-state index contributed by atoms with van der Waals surface area (Å²) in [7, 11) is 0. The van der Waals surface area contributed by atoms with E-state index in [1.54, 1.807) is 0 Å². The van der Waals surface area contributed by atoms with E-state index in [0.29, 0.717) is 0 Å². The molecule has 0 N–H and O–H groups in total. The molecular weight excluding hydrogens is 107 g/mol. The van der Waals surface area contributed by atoms with Gasteiger partial charge in [0, 0.05) is 0 Å². The summed E-state index contributed by atoms with van der Waals surface area (Å²) >= 11 is 1.40. The Morgan fingerprint density at radius 2 is 2.00 bits per heavy atom. The Hall–Kier alpha value is 1.00. The van der Waals surface area contributed by atoms with Gasteiger partial charge in [-0.25, -0.2) is 0 Å². The fraction of sp³-hybridized carbons (Fsp3) is 1.00. The van der Waals surface area contributed by atoms with Gasteiger partial charge in [-0.2, -0.15) is 0 Å². The van der Waals surface area contributed by atoms with Crippen molar-refractivity contribution in [1.82, 2.24) is 0 Å². The van der Waals surface area contributed by atoms with Gasteiger partial charge in [0.05, 0.1) is 0 Å². The fourth-order valence-electron chi connectivity index (χ4n) is 1.11. The summed E-state index contributed by atoms with van der Waals surface area (Å²) in [6.07, 6.45) is 4.23. The SMILES string of the molecule is CCCC(CC)[CH2][Na]. The van der Waals surface area contributed by atoms with Crippen LogP contribution in [0.4, 0.5) is 0 Å². The molecule has 44 valence electrons. The molecule has 0 rings (SSSR count). The Labute approximate surface area is 70.5 Å². The zero-order valence-corrected chi connectivity index (χ0v) is 8.41. The van der Waals surface area contributed by atoms with E-state index in [2.05, 4.69) is 13.8 Å². The van der Waals surface area contributed by atoms with E-state index >= 15 is 0 Å². The minimum atomic E-state index is 1.06. The van der Waals surface area contributed by atoms with Crippen molar-refractivity contribution in [3.05, 3.63) is 0 Å². The molecule has 0 spiro atoms. The third-order valence-corrected chi connectivity index (χ3v) is 3.01. The van der Waals surface area contributed by atoms with E-state index in [1.807, 2.05) is 0 Å². The second-order valence-corrected chi connectivity index (χ2v) is 3.29. The first-order valence-corrected chi connectivity index (χ1v) is 5.26. The van der Waals surface area contributed by atoms with Crippen LogP contribution in [0, 0.1) is 5.92 Å². The summed E-state index contributed by atoms with van der Waals surface area (Å²) in [5.41, 5.74) is 0. The summed E-state index contributed by atoms with van der Waals surface area (Å²) in [5.74, 6) is 1.06. The number of rotatable bonds is 4. The van der Waals surface area contributed by atoms with E-state index in [0.717, 1.165) is 5.92 Å². The monoisotopic (exact) mass is 122 g/mol. The summed E-state index contributed by atoms with van der Waals surface area (Å²) < 4.78 is 1.50. The topological polar surface area (TPSA) is 0 Å². The van der Waals surface area contributed by atoms with Crippen molar-refractivity contribution in [3.8, 4) is 0 Å². The first-order valence-electron chi connectivity index (χ1n) is 3.85. The Kier molecular flexibility index (Phi) is 6.89. The molecule has 0 aromatic rings. The average Bonchev–Trinajstić information content (AvgIpc) is 1.83. The third-order valence-electron chi connectivity index (χ3n) is 1.85. The van der Waals surface area contributed by atoms with Crippen LogP contribution in [-0.2, 0) is 0 Å². The Balaban J connectivity index is 3.07. The third kappa shape index (κ3) is 3.94. The summed E-state index contributed by atoms with van der Waals surface area (Å²) in [4.78, 5) is 0.